The predicted molar refractivity (Wildman–Crippen MR) is 142 cm³/mol. The van der Waals surface area contributed by atoms with E-state index in [1.807, 2.05) is 36.1 Å². The topological polar surface area (TPSA) is 91.3 Å². The smallest absolute Gasteiger partial charge is 0.258 e. The average molecular weight is 501 g/mol. The van der Waals surface area contributed by atoms with Crippen LogP contribution in [0.4, 0.5) is 5.69 Å². The Balaban J connectivity index is 1.32. The highest BCUT2D eigenvalue weighted by atomic mass is 32.1. The van der Waals surface area contributed by atoms with E-state index in [-0.39, 0.29) is 11.8 Å². The Labute approximate surface area is 214 Å². The lowest BCUT2D eigenvalue weighted by atomic mass is 10.1. The van der Waals surface area contributed by atoms with Gasteiger partial charge in [-0.3, -0.25) is 14.6 Å². The van der Waals surface area contributed by atoms with E-state index >= 15 is 0 Å². The molecular formula is C27H28N6O2S. The lowest BCUT2D eigenvalue weighted by Crippen LogP contribution is -2.34. The monoisotopic (exact) mass is 500 g/mol. The minimum Gasteiger partial charge on any atom is -0.337 e. The summed E-state index contributed by atoms with van der Waals surface area (Å²) in [6.45, 7) is 5.11. The molecule has 1 saturated heterocycles. The van der Waals surface area contributed by atoms with E-state index in [2.05, 4.69) is 26.6 Å². The quantitative estimate of drug-likeness (QED) is 0.445. The standard InChI is InChI=1S/C27H28N6O2S/c1-18-25(24(36-31-18)16-21-17-28-22-9-3-4-10-23(22)29-21)26(34)30-20-8-5-7-19(15-20)27(35)33-12-6-11-32(2)13-14-33/h3-5,7-10,15,17H,6,11-14,16H2,1-2H3,(H,30,34). The summed E-state index contributed by atoms with van der Waals surface area (Å²) < 4.78 is 4.43. The number of hydrogen-bond donors (Lipinski definition) is 1. The number of anilines is 1. The number of carbonyl (C=O) groups is 2. The summed E-state index contributed by atoms with van der Waals surface area (Å²) in [6.07, 6.45) is 3.16. The Hall–Kier alpha value is -3.69. The maximum atomic E-state index is 13.3. The average Bonchev–Trinajstić information content (AvgIpc) is 3.10. The van der Waals surface area contributed by atoms with Crippen LogP contribution in [0.15, 0.2) is 54.7 Å². The van der Waals surface area contributed by atoms with Crippen molar-refractivity contribution < 1.29 is 9.59 Å². The van der Waals surface area contributed by atoms with Gasteiger partial charge in [-0.2, -0.15) is 4.37 Å². The minimum atomic E-state index is -0.244. The van der Waals surface area contributed by atoms with E-state index in [1.54, 1.807) is 30.5 Å². The maximum absolute atomic E-state index is 13.3. The summed E-state index contributed by atoms with van der Waals surface area (Å²) in [5, 5.41) is 2.97. The Morgan fingerprint density at radius 2 is 1.86 bits per heavy atom. The molecule has 2 aromatic carbocycles. The van der Waals surface area contributed by atoms with Gasteiger partial charge in [0.1, 0.15) is 0 Å². The molecule has 2 aromatic heterocycles. The molecule has 0 saturated carbocycles. The van der Waals surface area contributed by atoms with Gasteiger partial charge >= 0.3 is 0 Å². The molecular weight excluding hydrogens is 472 g/mol. The lowest BCUT2D eigenvalue weighted by molar-refractivity contribution is 0.0762. The molecule has 1 N–H and O–H groups in total. The summed E-state index contributed by atoms with van der Waals surface area (Å²) in [5.74, 6) is -0.253. The number of fused-ring (bicyclic) bond motifs is 1. The SMILES string of the molecule is Cc1nsc(Cc2cnc3ccccc3n2)c1C(=O)Nc1cccc(C(=O)N2CCCN(C)CC2)c1. The second-order valence-corrected chi connectivity index (χ2v) is 9.93. The van der Waals surface area contributed by atoms with Crippen LogP contribution in [0.1, 0.15) is 43.4 Å². The van der Waals surface area contributed by atoms with E-state index in [1.165, 1.54) is 11.5 Å². The van der Waals surface area contributed by atoms with Crippen LogP contribution < -0.4 is 5.32 Å². The van der Waals surface area contributed by atoms with Gasteiger partial charge in [-0.05, 0) is 68.8 Å². The van der Waals surface area contributed by atoms with Crippen molar-refractivity contribution in [1.82, 2.24) is 24.1 Å². The van der Waals surface area contributed by atoms with Gasteiger partial charge in [0, 0.05) is 48.4 Å². The number of benzene rings is 2. The molecule has 5 rings (SSSR count). The van der Waals surface area contributed by atoms with Crippen molar-refractivity contribution in [2.24, 2.45) is 0 Å². The molecule has 1 aliphatic rings. The van der Waals surface area contributed by atoms with Gasteiger partial charge in [-0.25, -0.2) is 4.98 Å². The highest BCUT2D eigenvalue weighted by Gasteiger charge is 2.22. The van der Waals surface area contributed by atoms with E-state index in [9.17, 15) is 9.59 Å². The van der Waals surface area contributed by atoms with E-state index < -0.39 is 0 Å². The predicted octanol–water partition coefficient (Wildman–Crippen LogP) is 4.02. The fourth-order valence-corrected chi connectivity index (χ4v) is 5.31. The zero-order chi connectivity index (χ0) is 25.1. The van der Waals surface area contributed by atoms with E-state index in [0.29, 0.717) is 35.5 Å². The molecule has 8 nitrogen and oxygen atoms in total. The molecule has 0 aliphatic carbocycles. The van der Waals surface area contributed by atoms with E-state index in [0.717, 1.165) is 47.7 Å². The van der Waals surface area contributed by atoms with Crippen LogP contribution in [0.3, 0.4) is 0 Å². The third kappa shape index (κ3) is 5.27. The Bertz CT molecular complexity index is 1420. The number of hydrogen-bond acceptors (Lipinski definition) is 7. The van der Waals surface area contributed by atoms with Crippen LogP contribution in [-0.2, 0) is 6.42 Å². The Morgan fingerprint density at radius 3 is 2.72 bits per heavy atom. The van der Waals surface area contributed by atoms with Crippen molar-refractivity contribution in [2.45, 2.75) is 19.8 Å². The zero-order valence-corrected chi connectivity index (χ0v) is 21.2. The first kappa shape index (κ1) is 24.0. The molecule has 0 unspecified atom stereocenters. The summed E-state index contributed by atoms with van der Waals surface area (Å²) in [7, 11) is 2.08. The molecule has 36 heavy (non-hydrogen) atoms. The number of para-hydroxylation sites is 2. The highest BCUT2D eigenvalue weighted by molar-refractivity contribution is 7.06. The lowest BCUT2D eigenvalue weighted by Gasteiger charge is -2.21. The number of aryl methyl sites for hydroxylation is 1. The second kappa shape index (κ2) is 10.5. The number of rotatable bonds is 5. The van der Waals surface area contributed by atoms with Crippen LogP contribution in [0.25, 0.3) is 11.0 Å². The third-order valence-electron chi connectivity index (χ3n) is 6.37. The second-order valence-electron chi connectivity index (χ2n) is 9.08. The molecule has 0 spiro atoms. The highest BCUT2D eigenvalue weighted by Crippen LogP contribution is 2.24. The van der Waals surface area contributed by atoms with Crippen molar-refractivity contribution >= 4 is 40.1 Å². The van der Waals surface area contributed by atoms with Gasteiger partial charge in [-0.1, -0.05) is 18.2 Å². The molecule has 1 aliphatic heterocycles. The zero-order valence-electron chi connectivity index (χ0n) is 20.4. The number of likely N-dealkylation sites (N-methyl/N-ethyl adjacent to an activating group) is 1. The fraction of sp³-hybridized carbons (Fsp3) is 0.296. The Morgan fingerprint density at radius 1 is 1.03 bits per heavy atom. The first-order valence-electron chi connectivity index (χ1n) is 12.0. The van der Waals surface area contributed by atoms with Gasteiger partial charge in [0.05, 0.1) is 28.0 Å². The van der Waals surface area contributed by atoms with Crippen molar-refractivity contribution in [3.63, 3.8) is 0 Å². The fourth-order valence-electron chi connectivity index (χ4n) is 4.43. The van der Waals surface area contributed by atoms with Crippen LogP contribution in [-0.4, -0.2) is 69.2 Å². The van der Waals surface area contributed by atoms with Gasteiger partial charge in [0.2, 0.25) is 0 Å². The van der Waals surface area contributed by atoms with Crippen molar-refractivity contribution in [3.8, 4) is 0 Å². The van der Waals surface area contributed by atoms with Crippen LogP contribution >= 0.6 is 11.5 Å². The molecule has 184 valence electrons. The van der Waals surface area contributed by atoms with Crippen molar-refractivity contribution in [1.29, 1.82) is 0 Å². The van der Waals surface area contributed by atoms with Crippen molar-refractivity contribution in [3.05, 3.63) is 82.1 Å². The van der Waals surface area contributed by atoms with Gasteiger partial charge < -0.3 is 15.1 Å². The third-order valence-corrected chi connectivity index (χ3v) is 7.31. The molecule has 0 atom stereocenters. The molecule has 0 bridgehead atoms. The Kier molecular flexibility index (Phi) is 7.02. The van der Waals surface area contributed by atoms with Gasteiger partial charge in [0.25, 0.3) is 11.8 Å². The first-order valence-corrected chi connectivity index (χ1v) is 12.8. The number of nitrogens with zero attached hydrogens (tertiary/aromatic N) is 5. The van der Waals surface area contributed by atoms with Crippen LogP contribution in [0, 0.1) is 6.92 Å². The largest absolute Gasteiger partial charge is 0.337 e. The molecule has 1 fully saturated rings. The van der Waals surface area contributed by atoms with Crippen molar-refractivity contribution in [2.75, 3.05) is 38.5 Å². The van der Waals surface area contributed by atoms with E-state index in [4.69, 9.17) is 4.98 Å². The summed E-state index contributed by atoms with van der Waals surface area (Å²) in [4.78, 5) is 40.5. The normalized spacial score (nSPS) is 14.6. The minimum absolute atomic E-state index is 0.00894. The summed E-state index contributed by atoms with van der Waals surface area (Å²) in [5.41, 5.74) is 4.80. The van der Waals surface area contributed by atoms with Crippen LogP contribution in [0.5, 0.6) is 0 Å². The summed E-state index contributed by atoms with van der Waals surface area (Å²) >= 11 is 1.30. The van der Waals surface area contributed by atoms with Gasteiger partial charge in [0.15, 0.2) is 0 Å². The van der Waals surface area contributed by atoms with Crippen LogP contribution in [0.2, 0.25) is 0 Å². The molecule has 2 amide bonds. The number of amides is 2. The molecule has 0 radical (unpaired) electrons. The first-order chi connectivity index (χ1) is 17.5. The van der Waals surface area contributed by atoms with Gasteiger partial charge in [-0.15, -0.1) is 0 Å². The summed E-state index contributed by atoms with van der Waals surface area (Å²) in [6, 6.07) is 14.9. The number of nitrogens with one attached hydrogen (secondary N) is 1. The molecule has 3 heterocycles. The molecule has 9 heteroatoms. The molecule has 4 aromatic rings. The maximum Gasteiger partial charge on any atom is 0.258 e. The number of aromatic nitrogens is 3. The number of carbonyl (C=O) groups excluding carboxylic acids is 2.